The number of allylic oxidation sites excluding steroid dienone is 3. The molecule has 3 N–H and O–H groups in total. The zero-order valence-corrected chi connectivity index (χ0v) is 35.3. The fourth-order valence-electron chi connectivity index (χ4n) is 6.77. The number of rotatable bonds is 12. The summed E-state index contributed by atoms with van der Waals surface area (Å²) in [4.78, 5) is 67.2. The first-order chi connectivity index (χ1) is 26.3. The Morgan fingerprint density at radius 3 is 2.50 bits per heavy atom. The Balaban J connectivity index is 1.66. The number of ether oxygens (including phenoxy) is 5. The number of benzene rings is 1. The lowest BCUT2D eigenvalue weighted by Crippen LogP contribution is -2.63. The third-order valence-electron chi connectivity index (χ3n) is 10.4. The van der Waals surface area contributed by atoms with E-state index in [2.05, 4.69) is 5.32 Å². The van der Waals surface area contributed by atoms with E-state index in [9.17, 15) is 29.1 Å². The van der Waals surface area contributed by atoms with Crippen molar-refractivity contribution in [2.24, 2.45) is 5.92 Å². The van der Waals surface area contributed by atoms with E-state index >= 15 is 0 Å². The molecular formula is C38H52ClN3O12S2. The molecule has 18 heteroatoms. The molecule has 2 saturated heterocycles. The number of likely N-dealkylation sites (N-methyl/N-ethyl adjacent to an activating group) is 1. The highest BCUT2D eigenvalue weighted by atomic mass is 35.5. The molecule has 3 heterocycles. The molecule has 3 aliphatic heterocycles. The van der Waals surface area contributed by atoms with E-state index in [1.807, 2.05) is 13.0 Å². The van der Waals surface area contributed by atoms with Crippen molar-refractivity contribution in [3.63, 3.8) is 0 Å². The molecule has 0 spiro atoms. The number of hydrogen-bond acceptors (Lipinski definition) is 13. The predicted octanol–water partition coefficient (Wildman–Crippen LogP) is 4.76. The van der Waals surface area contributed by atoms with E-state index in [1.54, 1.807) is 45.2 Å². The van der Waals surface area contributed by atoms with E-state index in [0.717, 1.165) is 11.1 Å². The van der Waals surface area contributed by atoms with Gasteiger partial charge < -0.3 is 43.7 Å². The van der Waals surface area contributed by atoms with Gasteiger partial charge in [-0.25, -0.2) is 9.59 Å². The van der Waals surface area contributed by atoms with Crippen molar-refractivity contribution in [3.8, 4) is 5.75 Å². The van der Waals surface area contributed by atoms with Gasteiger partial charge in [0, 0.05) is 51.5 Å². The number of halogens is 1. The molecule has 4 bridgehead atoms. The van der Waals surface area contributed by atoms with Crippen molar-refractivity contribution in [1.29, 1.82) is 0 Å². The number of nitrogens with zero attached hydrogens (tertiary/aromatic N) is 2. The van der Waals surface area contributed by atoms with E-state index in [0.29, 0.717) is 29.4 Å². The summed E-state index contributed by atoms with van der Waals surface area (Å²) in [6, 6.07) is 2.51. The van der Waals surface area contributed by atoms with Gasteiger partial charge in [0.1, 0.15) is 40.7 Å². The zero-order valence-electron chi connectivity index (χ0n) is 32.9. The number of amides is 3. The molecule has 15 nitrogen and oxygen atoms in total. The van der Waals surface area contributed by atoms with Gasteiger partial charge in [0.05, 0.1) is 31.7 Å². The van der Waals surface area contributed by atoms with Crippen LogP contribution in [-0.4, -0.2) is 127 Å². The first-order valence-electron chi connectivity index (χ1n) is 18.2. The summed E-state index contributed by atoms with van der Waals surface area (Å²) in [5.41, 5.74) is -1.02. The molecule has 310 valence electrons. The fourth-order valence-corrected chi connectivity index (χ4v) is 9.04. The Morgan fingerprint density at radius 2 is 1.86 bits per heavy atom. The minimum atomic E-state index is -1.85. The molecule has 8 atom stereocenters. The van der Waals surface area contributed by atoms with Gasteiger partial charge in [-0.2, -0.15) is 0 Å². The Labute approximate surface area is 340 Å². The van der Waals surface area contributed by atoms with Crippen LogP contribution in [0.5, 0.6) is 5.75 Å². The van der Waals surface area contributed by atoms with E-state index in [1.165, 1.54) is 59.6 Å². The van der Waals surface area contributed by atoms with Crippen molar-refractivity contribution < 1.29 is 57.9 Å². The average molecular weight is 842 g/mol. The molecule has 0 aliphatic carbocycles. The molecule has 0 radical (unpaired) electrons. The third kappa shape index (κ3) is 10.9. The van der Waals surface area contributed by atoms with Crippen LogP contribution in [0.2, 0.25) is 5.02 Å². The number of anilines is 1. The molecule has 56 heavy (non-hydrogen) atoms. The van der Waals surface area contributed by atoms with Crippen LogP contribution in [0.25, 0.3) is 0 Å². The second kappa shape index (κ2) is 19.3. The first kappa shape index (κ1) is 45.2. The van der Waals surface area contributed by atoms with Crippen molar-refractivity contribution in [2.75, 3.05) is 44.7 Å². The number of carboxylic acid groups (broad SMARTS) is 1. The summed E-state index contributed by atoms with van der Waals surface area (Å²) in [5, 5.41) is 23.3. The highest BCUT2D eigenvalue weighted by Crippen LogP contribution is 2.49. The Bertz CT molecular complexity index is 1710. The normalized spacial score (nSPS) is 30.1. The van der Waals surface area contributed by atoms with Crippen LogP contribution in [0.15, 0.2) is 35.9 Å². The number of nitrogens with one attached hydrogen (secondary N) is 1. The number of hydrogen-bond donors (Lipinski definition) is 3. The maximum absolute atomic E-state index is 14.2. The number of carbonyl (C=O) groups excluding carboxylic acids is 4. The number of fused-ring (bicyclic) bond motifs is 5. The minimum absolute atomic E-state index is 0.0120. The molecule has 2 fully saturated rings. The Morgan fingerprint density at radius 1 is 1.18 bits per heavy atom. The maximum atomic E-state index is 14.2. The molecule has 3 amide bonds. The van der Waals surface area contributed by atoms with Gasteiger partial charge in [-0.1, -0.05) is 63.9 Å². The lowest BCUT2D eigenvalue weighted by molar-refractivity contribution is -0.162. The summed E-state index contributed by atoms with van der Waals surface area (Å²) < 4.78 is 29.2. The van der Waals surface area contributed by atoms with Crippen LogP contribution in [0.3, 0.4) is 0 Å². The molecule has 1 unspecified atom stereocenters. The quantitative estimate of drug-likeness (QED) is 0.113. The van der Waals surface area contributed by atoms with Crippen molar-refractivity contribution in [3.05, 3.63) is 46.5 Å². The number of aliphatic hydroxyl groups is 1. The number of carbonyl (C=O) groups is 5. The summed E-state index contributed by atoms with van der Waals surface area (Å²) in [6.07, 6.45) is 0.817. The molecule has 0 saturated carbocycles. The predicted molar refractivity (Wildman–Crippen MR) is 213 cm³/mol. The molecule has 4 rings (SSSR count). The monoisotopic (exact) mass is 841 g/mol. The van der Waals surface area contributed by atoms with Gasteiger partial charge in [0.2, 0.25) is 11.8 Å². The Hall–Kier alpha value is -3.48. The van der Waals surface area contributed by atoms with Crippen LogP contribution in [-0.2, 0) is 44.5 Å². The van der Waals surface area contributed by atoms with Crippen molar-refractivity contribution in [1.82, 2.24) is 10.2 Å². The first-order valence-corrected chi connectivity index (χ1v) is 21.0. The highest BCUT2D eigenvalue weighted by Gasteiger charge is 2.64. The second-order valence-electron chi connectivity index (χ2n) is 14.4. The SMILES string of the molecule is COc1cc2cc(c1Cl)N(C)C(=O)C[C@@H](OC(=O)[C@@H](C)N(C)C(=O)CCSSCCC(=O)O)C1(C)O[C@@H]1[C@@H](C)[C@H]1C[C@](O)(NC(=O)O1)[C@@H](OC)/C=C\C=C(\C)C2. The largest absolute Gasteiger partial charge is 0.495 e. The third-order valence-corrected chi connectivity index (χ3v) is 13.2. The molecule has 1 aromatic carbocycles. The molecule has 1 aromatic rings. The second-order valence-corrected chi connectivity index (χ2v) is 17.5. The zero-order chi connectivity index (χ0) is 41.5. The van der Waals surface area contributed by atoms with E-state index in [4.69, 9.17) is 40.4 Å². The van der Waals surface area contributed by atoms with Gasteiger partial charge in [-0.15, -0.1) is 0 Å². The van der Waals surface area contributed by atoms with Gasteiger partial charge in [-0.05, 0) is 44.9 Å². The lowest BCUT2D eigenvalue weighted by Gasteiger charge is -2.42. The van der Waals surface area contributed by atoms with Gasteiger partial charge in [0.25, 0.3) is 0 Å². The minimum Gasteiger partial charge on any atom is -0.495 e. The number of methoxy groups -OCH3 is 2. The standard InChI is InChI=1S/C38H52ClN3O12S2/c1-21-10-9-11-28(51-8)38(49)20-27(52-36(48)40-38)22(2)34-37(4,54-34)29(19-31(44)42(6)25-17-24(16-21)18-26(50-7)33(25)39)53-35(47)23(3)41(5)30(43)12-14-55-56-15-13-32(45)46/h9-11,17-18,22-23,27-29,34,49H,12-16,19-20H2,1-8H3,(H,40,48)(H,45,46)/b11-9-,21-10-/t22-,23+,27+,28-,29+,34+,37?,38+/m0/s1. The van der Waals surface area contributed by atoms with Gasteiger partial charge in [-0.3, -0.25) is 19.7 Å². The number of esters is 1. The van der Waals surface area contributed by atoms with Gasteiger partial charge in [0.15, 0.2) is 5.72 Å². The van der Waals surface area contributed by atoms with Crippen LogP contribution in [0, 0.1) is 5.92 Å². The van der Waals surface area contributed by atoms with Crippen LogP contribution in [0.4, 0.5) is 10.5 Å². The number of aliphatic carboxylic acids is 1. The summed E-state index contributed by atoms with van der Waals surface area (Å²) >= 11 is 6.76. The van der Waals surface area contributed by atoms with E-state index in [-0.39, 0.29) is 36.6 Å². The molecule has 3 aliphatic rings. The van der Waals surface area contributed by atoms with E-state index < -0.39 is 71.6 Å². The Kier molecular flexibility index (Phi) is 15.6. The number of alkyl carbamates (subject to hydrolysis) is 1. The smallest absolute Gasteiger partial charge is 0.409 e. The molecular weight excluding hydrogens is 790 g/mol. The molecule has 0 aromatic heterocycles. The van der Waals surface area contributed by atoms with Crippen LogP contribution >= 0.6 is 33.2 Å². The fraction of sp³-hybridized carbons (Fsp3) is 0.605. The summed E-state index contributed by atoms with van der Waals surface area (Å²) in [7, 11) is 8.66. The van der Waals surface area contributed by atoms with Crippen molar-refractivity contribution in [2.45, 2.75) is 102 Å². The topological polar surface area (TPSA) is 194 Å². The van der Waals surface area contributed by atoms with Crippen LogP contribution < -0.4 is 15.0 Å². The van der Waals surface area contributed by atoms with Crippen molar-refractivity contribution >= 4 is 68.7 Å². The highest BCUT2D eigenvalue weighted by molar-refractivity contribution is 8.76. The summed E-state index contributed by atoms with van der Waals surface area (Å²) in [6.45, 7) is 6.91. The van der Waals surface area contributed by atoms with Crippen LogP contribution in [0.1, 0.15) is 58.9 Å². The number of carboxylic acids is 1. The number of epoxide rings is 1. The van der Waals surface area contributed by atoms with Gasteiger partial charge >= 0.3 is 18.0 Å². The summed E-state index contributed by atoms with van der Waals surface area (Å²) in [5.74, 6) is -1.84. The lowest BCUT2D eigenvalue weighted by atomic mass is 9.83. The average Bonchev–Trinajstić information content (AvgIpc) is 3.84. The maximum Gasteiger partial charge on any atom is 0.409 e.